The molecule has 3 aromatic rings. The van der Waals surface area contributed by atoms with Crippen LogP contribution in [0.25, 0.3) is 21.9 Å². The summed E-state index contributed by atoms with van der Waals surface area (Å²) in [5, 5.41) is 0.847. The maximum atomic E-state index is 11.7. The summed E-state index contributed by atoms with van der Waals surface area (Å²) >= 11 is 0. The van der Waals surface area contributed by atoms with Crippen molar-refractivity contribution in [3.05, 3.63) is 30.1 Å². The highest BCUT2D eigenvalue weighted by molar-refractivity contribution is 7.88. The molecule has 4 N–H and O–H groups in total. The minimum Gasteiger partial charge on any atom is -0.382 e. The Bertz CT molecular complexity index is 1090. The van der Waals surface area contributed by atoms with Gasteiger partial charge in [-0.15, -0.1) is 0 Å². The van der Waals surface area contributed by atoms with Crippen LogP contribution in [0.15, 0.2) is 24.3 Å². The second-order valence-electron chi connectivity index (χ2n) is 6.82. The molecule has 0 atom stereocenters. The Kier molecular flexibility index (Phi) is 4.98. The first-order valence-corrected chi connectivity index (χ1v) is 10.4. The molecule has 0 aliphatic carbocycles. The van der Waals surface area contributed by atoms with Crippen LogP contribution in [-0.4, -0.2) is 41.6 Å². The predicted octanol–water partition coefficient (Wildman–Crippen LogP) is 1.53. The van der Waals surface area contributed by atoms with E-state index in [-0.39, 0.29) is 6.61 Å². The topological polar surface area (TPSA) is 124 Å². The molecule has 0 bridgehead atoms. The van der Waals surface area contributed by atoms with Crippen LogP contribution in [0.3, 0.4) is 0 Å². The number of sulfonamides is 1. The summed E-state index contributed by atoms with van der Waals surface area (Å²) in [6.45, 7) is 6.08. The van der Waals surface area contributed by atoms with Gasteiger partial charge in [-0.3, -0.25) is 0 Å². The summed E-state index contributed by atoms with van der Waals surface area (Å²) in [5.41, 5.74) is 10.3. The standard InChI is InChI=1S/C17H24N6O3S/c1-5-26-10-13-20-14-15(11-8-6-7-9-12(11)19-16(14)18)23(13)21-17(2,3)22-27(4,24)25/h6-9,21-22H,5,10H2,1-4H3,(H2,18,19). The molecule has 27 heavy (non-hydrogen) atoms. The Morgan fingerprint density at radius 1 is 1.26 bits per heavy atom. The van der Waals surface area contributed by atoms with Gasteiger partial charge in [-0.05, 0) is 26.8 Å². The number of imidazole rings is 1. The highest BCUT2D eigenvalue weighted by Gasteiger charge is 2.26. The lowest BCUT2D eigenvalue weighted by Crippen LogP contribution is -2.52. The number of para-hydroxylation sites is 1. The Hall–Kier alpha value is -2.43. The largest absolute Gasteiger partial charge is 0.382 e. The van der Waals surface area contributed by atoms with E-state index >= 15 is 0 Å². The molecular formula is C17H24N6O3S. The van der Waals surface area contributed by atoms with Crippen LogP contribution in [0, 0.1) is 0 Å². The number of hydrogen-bond donors (Lipinski definition) is 3. The van der Waals surface area contributed by atoms with Crippen LogP contribution in [0.2, 0.25) is 0 Å². The molecule has 0 saturated heterocycles. The molecular weight excluding hydrogens is 368 g/mol. The Morgan fingerprint density at radius 2 is 1.96 bits per heavy atom. The van der Waals surface area contributed by atoms with E-state index in [1.54, 1.807) is 18.5 Å². The van der Waals surface area contributed by atoms with Crippen molar-refractivity contribution in [2.75, 3.05) is 24.0 Å². The van der Waals surface area contributed by atoms with Crippen molar-refractivity contribution in [3.8, 4) is 0 Å². The molecule has 1 aromatic carbocycles. The molecule has 10 heteroatoms. The van der Waals surface area contributed by atoms with Gasteiger partial charge in [0.2, 0.25) is 10.0 Å². The molecule has 9 nitrogen and oxygen atoms in total. The fraction of sp³-hybridized carbons (Fsp3) is 0.412. The molecule has 0 aliphatic rings. The van der Waals surface area contributed by atoms with Gasteiger partial charge in [-0.25, -0.2) is 23.1 Å². The van der Waals surface area contributed by atoms with Gasteiger partial charge in [0.15, 0.2) is 11.6 Å². The van der Waals surface area contributed by atoms with Gasteiger partial charge in [-0.1, -0.05) is 18.2 Å². The average molecular weight is 392 g/mol. The maximum absolute atomic E-state index is 11.7. The van der Waals surface area contributed by atoms with E-state index in [0.717, 1.165) is 22.7 Å². The molecule has 0 fully saturated rings. The number of nitrogens with two attached hydrogens (primary N) is 1. The zero-order valence-corrected chi connectivity index (χ0v) is 16.6. The number of pyridine rings is 1. The molecule has 0 amide bonds. The number of anilines is 1. The van der Waals surface area contributed by atoms with Gasteiger partial charge in [0, 0.05) is 12.0 Å². The normalized spacial score (nSPS) is 12.7. The first kappa shape index (κ1) is 19.3. The smallest absolute Gasteiger partial charge is 0.210 e. The first-order chi connectivity index (χ1) is 12.6. The summed E-state index contributed by atoms with van der Waals surface area (Å²) in [5.74, 6) is 0.871. The van der Waals surface area contributed by atoms with E-state index in [1.807, 2.05) is 31.2 Å². The molecule has 2 heterocycles. The van der Waals surface area contributed by atoms with Crippen LogP contribution in [0.4, 0.5) is 5.82 Å². The quantitative estimate of drug-likeness (QED) is 0.521. The summed E-state index contributed by atoms with van der Waals surface area (Å²) in [6, 6.07) is 7.57. The summed E-state index contributed by atoms with van der Waals surface area (Å²) in [6.07, 6.45) is 1.11. The highest BCUT2D eigenvalue weighted by Crippen LogP contribution is 2.28. The third kappa shape index (κ3) is 4.12. The number of hydrogen-bond acceptors (Lipinski definition) is 7. The summed E-state index contributed by atoms with van der Waals surface area (Å²) in [4.78, 5) is 9.01. The Balaban J connectivity index is 2.24. The van der Waals surface area contributed by atoms with Crippen LogP contribution in [0.5, 0.6) is 0 Å². The number of nitrogens with one attached hydrogen (secondary N) is 2. The predicted molar refractivity (Wildman–Crippen MR) is 106 cm³/mol. The van der Waals surface area contributed by atoms with E-state index in [9.17, 15) is 8.42 Å². The van der Waals surface area contributed by atoms with Crippen LogP contribution in [0.1, 0.15) is 26.6 Å². The van der Waals surface area contributed by atoms with Crippen LogP contribution < -0.4 is 15.9 Å². The lowest BCUT2D eigenvalue weighted by atomic mass is 10.2. The molecule has 146 valence electrons. The molecule has 3 rings (SSSR count). The van der Waals surface area contributed by atoms with E-state index in [2.05, 4.69) is 20.1 Å². The zero-order chi connectivity index (χ0) is 19.8. The molecule has 0 spiro atoms. The van der Waals surface area contributed by atoms with Crippen molar-refractivity contribution in [1.29, 1.82) is 0 Å². The van der Waals surface area contributed by atoms with E-state index < -0.39 is 15.7 Å². The molecule has 0 unspecified atom stereocenters. The second kappa shape index (κ2) is 6.95. The number of nitrogens with zero attached hydrogens (tertiary/aromatic N) is 3. The van der Waals surface area contributed by atoms with Crippen molar-refractivity contribution < 1.29 is 13.2 Å². The van der Waals surface area contributed by atoms with Gasteiger partial charge in [0.25, 0.3) is 0 Å². The second-order valence-corrected chi connectivity index (χ2v) is 8.57. The summed E-state index contributed by atoms with van der Waals surface area (Å²) in [7, 11) is -3.43. The zero-order valence-electron chi connectivity index (χ0n) is 15.8. The van der Waals surface area contributed by atoms with E-state index in [4.69, 9.17) is 10.5 Å². The molecule has 0 radical (unpaired) electrons. The number of aromatic nitrogens is 3. The number of nitrogen functional groups attached to an aromatic ring is 1. The number of rotatable bonds is 7. The van der Waals surface area contributed by atoms with Gasteiger partial charge < -0.3 is 15.9 Å². The van der Waals surface area contributed by atoms with Crippen molar-refractivity contribution in [1.82, 2.24) is 19.4 Å². The Morgan fingerprint density at radius 3 is 2.63 bits per heavy atom. The highest BCUT2D eigenvalue weighted by atomic mass is 32.2. The molecule has 0 saturated carbocycles. The van der Waals surface area contributed by atoms with E-state index in [1.165, 1.54) is 0 Å². The summed E-state index contributed by atoms with van der Waals surface area (Å²) < 4.78 is 33.3. The van der Waals surface area contributed by atoms with Crippen molar-refractivity contribution >= 4 is 37.8 Å². The lowest BCUT2D eigenvalue weighted by molar-refractivity contribution is 0.126. The SMILES string of the molecule is CCOCc1nc2c(N)nc3ccccc3c2n1NC(C)(C)NS(C)(=O)=O. The van der Waals surface area contributed by atoms with Gasteiger partial charge >= 0.3 is 0 Å². The molecule has 0 aliphatic heterocycles. The fourth-order valence-electron chi connectivity index (χ4n) is 3.02. The maximum Gasteiger partial charge on any atom is 0.210 e. The van der Waals surface area contributed by atoms with Crippen LogP contribution in [-0.2, 0) is 21.4 Å². The number of benzene rings is 1. The minimum absolute atomic E-state index is 0.237. The third-order valence-corrected chi connectivity index (χ3v) is 4.74. The lowest BCUT2D eigenvalue weighted by Gasteiger charge is -2.29. The molecule has 2 aromatic heterocycles. The van der Waals surface area contributed by atoms with E-state index in [0.29, 0.717) is 23.8 Å². The van der Waals surface area contributed by atoms with Gasteiger partial charge in [-0.2, -0.15) is 4.72 Å². The fourth-order valence-corrected chi connectivity index (χ4v) is 4.00. The monoisotopic (exact) mass is 392 g/mol. The minimum atomic E-state index is -3.43. The van der Waals surface area contributed by atoms with Gasteiger partial charge in [0.05, 0.1) is 11.8 Å². The van der Waals surface area contributed by atoms with Crippen molar-refractivity contribution in [2.45, 2.75) is 33.0 Å². The number of fused-ring (bicyclic) bond motifs is 3. The Labute approximate surface area is 157 Å². The van der Waals surface area contributed by atoms with Crippen molar-refractivity contribution in [2.24, 2.45) is 0 Å². The number of ether oxygens (including phenoxy) is 1. The third-order valence-electron chi connectivity index (χ3n) is 3.86. The van der Waals surface area contributed by atoms with Gasteiger partial charge in [0.1, 0.15) is 23.3 Å². The van der Waals surface area contributed by atoms with Crippen LogP contribution >= 0.6 is 0 Å². The first-order valence-electron chi connectivity index (χ1n) is 8.51. The van der Waals surface area contributed by atoms with Crippen molar-refractivity contribution in [3.63, 3.8) is 0 Å². The average Bonchev–Trinajstić information content (AvgIpc) is 2.89.